The molecule has 0 aliphatic carbocycles. The molecule has 0 rings (SSSR count). The van der Waals surface area contributed by atoms with Crippen molar-refractivity contribution in [2.24, 2.45) is 0 Å². The molecule has 0 radical (unpaired) electrons. The number of phosphoric acid groups is 1. The molecule has 3 atom stereocenters. The Labute approximate surface area is 339 Å². The molecule has 0 aliphatic rings. The van der Waals surface area contributed by atoms with Crippen LogP contribution in [0.4, 0.5) is 0 Å². The molecule has 55 heavy (non-hydrogen) atoms. The molecule has 9 nitrogen and oxygen atoms in total. The number of aliphatic hydroxyl groups excluding tert-OH is 2. The van der Waals surface area contributed by atoms with E-state index in [4.69, 9.17) is 23.6 Å². The van der Waals surface area contributed by atoms with Crippen molar-refractivity contribution in [1.82, 2.24) is 0 Å². The molecule has 3 unspecified atom stereocenters. The lowest BCUT2D eigenvalue weighted by atomic mass is 10.0. The average Bonchev–Trinajstić information content (AvgIpc) is 3.18. The molecule has 330 valence electrons. The minimum atomic E-state index is -4.51. The van der Waals surface area contributed by atoms with Gasteiger partial charge in [-0.1, -0.05) is 219 Å². The Balaban J connectivity index is 4.06. The van der Waals surface area contributed by atoms with Gasteiger partial charge in [0.05, 0.1) is 26.4 Å². The first kappa shape index (κ1) is 54.5. The maximum Gasteiger partial charge on any atom is 0.472 e. The first-order valence-electron chi connectivity index (χ1n) is 23.5. The maximum atomic E-state index is 12.6. The second kappa shape index (κ2) is 43.0. The molecule has 0 aromatic carbocycles. The van der Waals surface area contributed by atoms with Gasteiger partial charge in [0.2, 0.25) is 0 Å². The van der Waals surface area contributed by atoms with E-state index in [1.54, 1.807) is 0 Å². The summed E-state index contributed by atoms with van der Waals surface area (Å²) in [5.41, 5.74) is 0. The lowest BCUT2D eigenvalue weighted by molar-refractivity contribution is -0.154. The standard InChI is InChI=1S/C45H91O9P/c1-3-5-7-9-11-13-15-17-19-20-21-22-24-26-28-30-32-34-36-38-51-41-44(42-53-55(49,50)52-40-43(47)39-46)54-45(48)37-35-33-31-29-27-25-23-18-16-14-12-10-8-6-4-2/h43-44,46-47H,3-42H2,1-2H3,(H,49,50). The predicted molar refractivity (Wildman–Crippen MR) is 228 cm³/mol. The summed E-state index contributed by atoms with van der Waals surface area (Å²) < 4.78 is 33.4. The number of phosphoric ester groups is 1. The smallest absolute Gasteiger partial charge is 0.457 e. The zero-order valence-electron chi connectivity index (χ0n) is 36.2. The monoisotopic (exact) mass is 807 g/mol. The third-order valence-corrected chi connectivity index (χ3v) is 11.5. The Morgan fingerprint density at radius 2 is 0.818 bits per heavy atom. The lowest BCUT2D eigenvalue weighted by Crippen LogP contribution is -2.29. The highest BCUT2D eigenvalue weighted by molar-refractivity contribution is 7.47. The molecule has 0 fully saturated rings. The third-order valence-electron chi connectivity index (χ3n) is 10.5. The molecule has 0 bridgehead atoms. The average molecular weight is 807 g/mol. The van der Waals surface area contributed by atoms with E-state index in [-0.39, 0.29) is 25.6 Å². The summed E-state index contributed by atoms with van der Waals surface area (Å²) in [6, 6.07) is 0. The molecule has 0 saturated carbocycles. The van der Waals surface area contributed by atoms with Gasteiger partial charge < -0.3 is 24.6 Å². The van der Waals surface area contributed by atoms with E-state index in [9.17, 15) is 19.4 Å². The Hall–Kier alpha value is -0.540. The molecule has 0 aromatic heterocycles. The zero-order chi connectivity index (χ0) is 40.3. The predicted octanol–water partition coefficient (Wildman–Crippen LogP) is 13.1. The van der Waals surface area contributed by atoms with Gasteiger partial charge in [-0.2, -0.15) is 0 Å². The van der Waals surface area contributed by atoms with E-state index >= 15 is 0 Å². The van der Waals surface area contributed by atoms with Crippen molar-refractivity contribution in [2.45, 2.75) is 251 Å². The van der Waals surface area contributed by atoms with Crippen LogP contribution in [-0.2, 0) is 27.9 Å². The van der Waals surface area contributed by atoms with Crippen molar-refractivity contribution in [3.63, 3.8) is 0 Å². The highest BCUT2D eigenvalue weighted by atomic mass is 31.2. The number of ether oxygens (including phenoxy) is 2. The Morgan fingerprint density at radius 1 is 0.491 bits per heavy atom. The van der Waals surface area contributed by atoms with Crippen molar-refractivity contribution in [2.75, 3.05) is 33.0 Å². The number of esters is 1. The van der Waals surface area contributed by atoms with Crippen molar-refractivity contribution in [1.29, 1.82) is 0 Å². The van der Waals surface area contributed by atoms with E-state index < -0.39 is 33.2 Å². The van der Waals surface area contributed by atoms with Gasteiger partial charge in [0.1, 0.15) is 12.2 Å². The van der Waals surface area contributed by atoms with Crippen LogP contribution in [0.3, 0.4) is 0 Å². The second-order valence-electron chi connectivity index (χ2n) is 16.1. The van der Waals surface area contributed by atoms with Crippen LogP contribution in [0.1, 0.15) is 239 Å². The number of carbonyl (C=O) groups excluding carboxylic acids is 1. The number of hydrogen-bond donors (Lipinski definition) is 3. The van der Waals surface area contributed by atoms with Crippen LogP contribution in [0, 0.1) is 0 Å². The molecule has 0 amide bonds. The number of unbranched alkanes of at least 4 members (excludes halogenated alkanes) is 32. The first-order chi connectivity index (χ1) is 26.8. The summed E-state index contributed by atoms with van der Waals surface area (Å²) in [5, 5.41) is 18.4. The Bertz CT molecular complexity index is 830. The highest BCUT2D eigenvalue weighted by Gasteiger charge is 2.26. The van der Waals surface area contributed by atoms with Gasteiger partial charge in [-0.05, 0) is 12.8 Å². The molecular formula is C45H91O9P. The summed E-state index contributed by atoms with van der Waals surface area (Å²) in [7, 11) is -4.51. The van der Waals surface area contributed by atoms with E-state index in [1.807, 2.05) is 0 Å². The van der Waals surface area contributed by atoms with E-state index in [1.165, 1.54) is 186 Å². The van der Waals surface area contributed by atoms with Crippen molar-refractivity contribution in [3.8, 4) is 0 Å². The topological polar surface area (TPSA) is 132 Å². The lowest BCUT2D eigenvalue weighted by Gasteiger charge is -2.20. The summed E-state index contributed by atoms with van der Waals surface area (Å²) in [6.07, 6.45) is 42.0. The van der Waals surface area contributed by atoms with E-state index in [0.717, 1.165) is 32.1 Å². The number of aliphatic hydroxyl groups is 2. The molecule has 0 aromatic rings. The van der Waals surface area contributed by atoms with Gasteiger partial charge in [-0.15, -0.1) is 0 Å². The fraction of sp³-hybridized carbons (Fsp3) is 0.978. The third kappa shape index (κ3) is 42.9. The summed E-state index contributed by atoms with van der Waals surface area (Å²) in [4.78, 5) is 22.6. The summed E-state index contributed by atoms with van der Waals surface area (Å²) in [5.74, 6) is -0.375. The van der Waals surface area contributed by atoms with Crippen molar-refractivity contribution < 1.29 is 43.0 Å². The molecule has 0 saturated heterocycles. The van der Waals surface area contributed by atoms with Gasteiger partial charge in [0, 0.05) is 13.0 Å². The van der Waals surface area contributed by atoms with Crippen molar-refractivity contribution >= 4 is 13.8 Å². The molecule has 0 heterocycles. The maximum absolute atomic E-state index is 12.6. The molecule has 3 N–H and O–H groups in total. The molecule has 10 heteroatoms. The van der Waals surface area contributed by atoms with Gasteiger partial charge in [-0.25, -0.2) is 4.57 Å². The number of hydrogen-bond acceptors (Lipinski definition) is 8. The largest absolute Gasteiger partial charge is 0.472 e. The van der Waals surface area contributed by atoms with Gasteiger partial charge in [0.15, 0.2) is 0 Å². The normalized spacial score (nSPS) is 13.9. The first-order valence-corrected chi connectivity index (χ1v) is 25.0. The minimum Gasteiger partial charge on any atom is -0.457 e. The second-order valence-corrected chi connectivity index (χ2v) is 17.6. The number of carbonyl (C=O) groups is 1. The van der Waals surface area contributed by atoms with E-state index in [2.05, 4.69) is 13.8 Å². The fourth-order valence-corrected chi connectivity index (χ4v) is 7.74. The van der Waals surface area contributed by atoms with E-state index in [0.29, 0.717) is 6.61 Å². The molecular weight excluding hydrogens is 715 g/mol. The SMILES string of the molecule is CCCCCCCCCCCCCCCCCCCCCOCC(COP(=O)(O)OCC(O)CO)OC(=O)CCCCCCCCCCCCCCCCC. The van der Waals surface area contributed by atoms with Crippen LogP contribution in [0.25, 0.3) is 0 Å². The Morgan fingerprint density at radius 3 is 1.18 bits per heavy atom. The van der Waals surface area contributed by atoms with Crippen LogP contribution < -0.4 is 0 Å². The zero-order valence-corrected chi connectivity index (χ0v) is 37.1. The van der Waals surface area contributed by atoms with Crippen LogP contribution in [0.5, 0.6) is 0 Å². The molecule has 0 aliphatic heterocycles. The highest BCUT2D eigenvalue weighted by Crippen LogP contribution is 2.43. The number of rotatable bonds is 46. The van der Waals surface area contributed by atoms with Crippen LogP contribution >= 0.6 is 7.82 Å². The van der Waals surface area contributed by atoms with Crippen LogP contribution in [0.2, 0.25) is 0 Å². The van der Waals surface area contributed by atoms with Crippen LogP contribution in [0.15, 0.2) is 0 Å². The quantitative estimate of drug-likeness (QED) is 0.0312. The minimum absolute atomic E-state index is 0.0584. The fourth-order valence-electron chi connectivity index (χ4n) is 6.95. The van der Waals surface area contributed by atoms with Gasteiger partial charge >= 0.3 is 13.8 Å². The summed E-state index contributed by atoms with van der Waals surface area (Å²) >= 11 is 0. The van der Waals surface area contributed by atoms with Crippen molar-refractivity contribution in [3.05, 3.63) is 0 Å². The Kier molecular flexibility index (Phi) is 42.6. The van der Waals surface area contributed by atoms with Crippen LogP contribution in [-0.4, -0.2) is 66.3 Å². The van der Waals surface area contributed by atoms with Gasteiger partial charge in [0.25, 0.3) is 0 Å². The molecule has 0 spiro atoms. The summed E-state index contributed by atoms with van der Waals surface area (Å²) in [6.45, 7) is 3.59. The van der Waals surface area contributed by atoms with Gasteiger partial charge in [-0.3, -0.25) is 13.8 Å².